The molecule has 1 aliphatic rings. The molecule has 0 amide bonds. The molecule has 1 aromatic heterocycles. The van der Waals surface area contributed by atoms with Crippen molar-refractivity contribution in [1.82, 2.24) is 15.5 Å². The average molecular weight is 253 g/mol. The summed E-state index contributed by atoms with van der Waals surface area (Å²) in [7, 11) is 0. The van der Waals surface area contributed by atoms with Crippen LogP contribution in [0.5, 0.6) is 0 Å². The quantitative estimate of drug-likeness (QED) is 0.759. The number of nitrogens with one attached hydrogen (secondary N) is 1. The summed E-state index contributed by atoms with van der Waals surface area (Å²) < 4.78 is 0. The molecule has 1 heterocycles. The molecule has 1 fully saturated rings. The minimum atomic E-state index is 0.887. The predicted molar refractivity (Wildman–Crippen MR) is 72.4 cm³/mol. The summed E-state index contributed by atoms with van der Waals surface area (Å²) in [5, 5.41) is 14.4. The molecular formula is C13H23N3S. The van der Waals surface area contributed by atoms with Crippen LogP contribution < -0.4 is 5.32 Å². The van der Waals surface area contributed by atoms with Crippen molar-refractivity contribution in [2.75, 3.05) is 13.1 Å². The van der Waals surface area contributed by atoms with Gasteiger partial charge in [0.15, 0.2) is 0 Å². The molecule has 0 spiro atoms. The number of aromatic nitrogens is 2. The van der Waals surface area contributed by atoms with Crippen LogP contribution in [0.2, 0.25) is 0 Å². The fourth-order valence-electron chi connectivity index (χ4n) is 2.47. The first-order valence-corrected chi connectivity index (χ1v) is 7.72. The van der Waals surface area contributed by atoms with Crippen molar-refractivity contribution >= 4 is 11.3 Å². The molecular weight excluding hydrogens is 230 g/mol. The van der Waals surface area contributed by atoms with Gasteiger partial charge >= 0.3 is 0 Å². The van der Waals surface area contributed by atoms with Crippen molar-refractivity contribution in [1.29, 1.82) is 0 Å². The number of aryl methyl sites for hydroxylation is 1. The summed E-state index contributed by atoms with van der Waals surface area (Å²) in [6.07, 6.45) is 9.05. The maximum absolute atomic E-state index is 4.33. The maximum atomic E-state index is 4.33. The Kier molecular flexibility index (Phi) is 5.39. The molecule has 1 aromatic rings. The molecule has 2 rings (SSSR count). The van der Waals surface area contributed by atoms with Gasteiger partial charge in [0.05, 0.1) is 0 Å². The van der Waals surface area contributed by atoms with Crippen molar-refractivity contribution in [3.05, 3.63) is 10.0 Å². The molecule has 96 valence electrons. The smallest absolute Gasteiger partial charge is 0.117 e. The first-order valence-electron chi connectivity index (χ1n) is 6.90. The van der Waals surface area contributed by atoms with Crippen LogP contribution >= 0.6 is 11.3 Å². The molecule has 0 saturated heterocycles. The van der Waals surface area contributed by atoms with E-state index in [2.05, 4.69) is 22.4 Å². The van der Waals surface area contributed by atoms with E-state index in [9.17, 15) is 0 Å². The van der Waals surface area contributed by atoms with Gasteiger partial charge in [-0.15, -0.1) is 21.5 Å². The van der Waals surface area contributed by atoms with Gasteiger partial charge in [0.25, 0.3) is 0 Å². The van der Waals surface area contributed by atoms with Crippen LogP contribution in [0.25, 0.3) is 0 Å². The van der Waals surface area contributed by atoms with Crippen LogP contribution in [0.3, 0.4) is 0 Å². The van der Waals surface area contributed by atoms with Crippen LogP contribution in [-0.4, -0.2) is 23.3 Å². The van der Waals surface area contributed by atoms with Crippen molar-refractivity contribution in [3.63, 3.8) is 0 Å². The molecule has 0 aromatic carbocycles. The standard InChI is InChI=1S/C13H23N3S/c1-2-14-9-5-8-12-15-16-13(17-12)10-11-6-3-4-7-11/h11,14H,2-10H2,1H3. The Morgan fingerprint density at radius 1 is 1.24 bits per heavy atom. The lowest BCUT2D eigenvalue weighted by Crippen LogP contribution is -2.14. The summed E-state index contributed by atoms with van der Waals surface area (Å²) in [6, 6.07) is 0. The van der Waals surface area contributed by atoms with Crippen molar-refractivity contribution in [2.45, 2.75) is 51.9 Å². The third-order valence-electron chi connectivity index (χ3n) is 3.44. The first kappa shape index (κ1) is 13.0. The lowest BCUT2D eigenvalue weighted by atomic mass is 10.1. The van der Waals surface area contributed by atoms with Crippen LogP contribution in [0.15, 0.2) is 0 Å². The second kappa shape index (κ2) is 7.07. The Morgan fingerprint density at radius 3 is 2.76 bits per heavy atom. The highest BCUT2D eigenvalue weighted by Gasteiger charge is 2.17. The number of hydrogen-bond acceptors (Lipinski definition) is 4. The van der Waals surface area contributed by atoms with E-state index in [0.717, 1.165) is 25.4 Å². The topological polar surface area (TPSA) is 37.8 Å². The molecule has 1 N–H and O–H groups in total. The monoisotopic (exact) mass is 253 g/mol. The van der Waals surface area contributed by atoms with Crippen LogP contribution in [0.4, 0.5) is 0 Å². The van der Waals surface area contributed by atoms with E-state index in [-0.39, 0.29) is 0 Å². The molecule has 0 atom stereocenters. The van der Waals surface area contributed by atoms with Gasteiger partial charge in [0, 0.05) is 12.8 Å². The molecule has 0 radical (unpaired) electrons. The summed E-state index contributed by atoms with van der Waals surface area (Å²) in [4.78, 5) is 0. The Morgan fingerprint density at radius 2 is 2.00 bits per heavy atom. The highest BCUT2D eigenvalue weighted by Crippen LogP contribution is 2.28. The second-order valence-corrected chi connectivity index (χ2v) is 6.05. The van der Waals surface area contributed by atoms with Gasteiger partial charge in [-0.1, -0.05) is 32.6 Å². The number of rotatable bonds is 7. The Bertz CT molecular complexity index is 318. The maximum Gasteiger partial charge on any atom is 0.117 e. The van der Waals surface area contributed by atoms with E-state index in [1.54, 1.807) is 0 Å². The number of hydrogen-bond donors (Lipinski definition) is 1. The summed E-state index contributed by atoms with van der Waals surface area (Å²) >= 11 is 1.83. The SMILES string of the molecule is CCNCCCc1nnc(CC2CCCC2)s1. The van der Waals surface area contributed by atoms with Gasteiger partial charge in [-0.3, -0.25) is 0 Å². The molecule has 0 unspecified atom stereocenters. The normalized spacial score (nSPS) is 16.8. The molecule has 4 heteroatoms. The van der Waals surface area contributed by atoms with Crippen LogP contribution in [-0.2, 0) is 12.8 Å². The Balaban J connectivity index is 1.71. The molecule has 0 aliphatic heterocycles. The van der Waals surface area contributed by atoms with E-state index in [4.69, 9.17) is 0 Å². The predicted octanol–water partition coefficient (Wildman–Crippen LogP) is 2.81. The van der Waals surface area contributed by atoms with E-state index < -0.39 is 0 Å². The zero-order valence-corrected chi connectivity index (χ0v) is 11.6. The first-order chi connectivity index (χ1) is 8.38. The summed E-state index contributed by atoms with van der Waals surface area (Å²) in [5.74, 6) is 0.887. The van der Waals surface area contributed by atoms with Gasteiger partial charge in [0.2, 0.25) is 0 Å². The van der Waals surface area contributed by atoms with E-state index in [1.807, 2.05) is 11.3 Å². The fourth-order valence-corrected chi connectivity index (χ4v) is 3.48. The van der Waals surface area contributed by atoms with Crippen molar-refractivity contribution in [2.24, 2.45) is 5.92 Å². The summed E-state index contributed by atoms with van der Waals surface area (Å²) in [6.45, 7) is 4.29. The van der Waals surface area contributed by atoms with Crippen LogP contribution in [0.1, 0.15) is 49.0 Å². The Hall–Kier alpha value is -0.480. The van der Waals surface area contributed by atoms with Crippen molar-refractivity contribution < 1.29 is 0 Å². The molecule has 1 saturated carbocycles. The van der Waals surface area contributed by atoms with E-state index in [1.165, 1.54) is 48.5 Å². The van der Waals surface area contributed by atoms with Gasteiger partial charge in [-0.05, 0) is 25.4 Å². The molecule has 1 aliphatic carbocycles. The zero-order chi connectivity index (χ0) is 11.9. The van der Waals surface area contributed by atoms with Crippen molar-refractivity contribution in [3.8, 4) is 0 Å². The highest BCUT2D eigenvalue weighted by molar-refractivity contribution is 7.11. The highest BCUT2D eigenvalue weighted by atomic mass is 32.1. The van der Waals surface area contributed by atoms with Crippen LogP contribution in [0, 0.1) is 5.92 Å². The molecule has 3 nitrogen and oxygen atoms in total. The van der Waals surface area contributed by atoms with Gasteiger partial charge in [-0.2, -0.15) is 0 Å². The zero-order valence-electron chi connectivity index (χ0n) is 10.7. The van der Waals surface area contributed by atoms with E-state index in [0.29, 0.717) is 0 Å². The van der Waals surface area contributed by atoms with Gasteiger partial charge < -0.3 is 5.32 Å². The minimum Gasteiger partial charge on any atom is -0.317 e. The lowest BCUT2D eigenvalue weighted by Gasteiger charge is -2.03. The Labute approximate surface area is 108 Å². The summed E-state index contributed by atoms with van der Waals surface area (Å²) in [5.41, 5.74) is 0. The third-order valence-corrected chi connectivity index (χ3v) is 4.45. The largest absolute Gasteiger partial charge is 0.317 e. The second-order valence-electron chi connectivity index (χ2n) is 4.90. The molecule has 17 heavy (non-hydrogen) atoms. The fraction of sp³-hybridized carbons (Fsp3) is 0.846. The molecule has 0 bridgehead atoms. The number of nitrogens with zero attached hydrogens (tertiary/aromatic N) is 2. The minimum absolute atomic E-state index is 0.887. The third kappa shape index (κ3) is 4.36. The van der Waals surface area contributed by atoms with E-state index >= 15 is 0 Å². The average Bonchev–Trinajstić information content (AvgIpc) is 2.97. The van der Waals surface area contributed by atoms with Gasteiger partial charge in [0.1, 0.15) is 10.0 Å². The lowest BCUT2D eigenvalue weighted by molar-refractivity contribution is 0.542. The van der Waals surface area contributed by atoms with Gasteiger partial charge in [-0.25, -0.2) is 0 Å².